The van der Waals surface area contributed by atoms with Crippen molar-refractivity contribution in [2.45, 2.75) is 25.6 Å². The molecule has 0 bridgehead atoms. The normalized spacial score (nSPS) is 12.1. The molecule has 0 aliphatic carbocycles. The van der Waals surface area contributed by atoms with E-state index in [9.17, 15) is 4.39 Å². The largest absolute Gasteiger partial charge is 0.311 e. The van der Waals surface area contributed by atoms with Gasteiger partial charge >= 0.3 is 0 Å². The van der Waals surface area contributed by atoms with E-state index in [0.29, 0.717) is 26.1 Å². The van der Waals surface area contributed by atoms with Crippen LogP contribution in [0.5, 0.6) is 0 Å². The number of nitrogens with zero attached hydrogens (tertiary/aromatic N) is 4. The third-order valence-electron chi connectivity index (χ3n) is 4.85. The molecule has 1 N–H and O–H groups in total. The Kier molecular flexibility index (Phi) is 7.12. The van der Waals surface area contributed by atoms with Crippen LogP contribution in [0.25, 0.3) is 11.3 Å². The summed E-state index contributed by atoms with van der Waals surface area (Å²) in [5, 5.41) is 17.1. The first-order chi connectivity index (χ1) is 14.1. The Balaban J connectivity index is 1.75. The molecule has 29 heavy (non-hydrogen) atoms. The Morgan fingerprint density at radius 2 is 1.97 bits per heavy atom. The van der Waals surface area contributed by atoms with Crippen molar-refractivity contribution in [3.8, 4) is 17.3 Å². The molecular formula is C23H26FN5. The van der Waals surface area contributed by atoms with Crippen LogP contribution in [0.1, 0.15) is 23.6 Å². The monoisotopic (exact) mass is 391 g/mol. The molecule has 0 spiro atoms. The number of halogens is 1. The number of hydrogen-bond donors (Lipinski definition) is 1. The number of benzene rings is 2. The molecule has 0 amide bonds. The average Bonchev–Trinajstić information content (AvgIpc) is 3.13. The highest BCUT2D eigenvalue weighted by Gasteiger charge is 2.16. The van der Waals surface area contributed by atoms with Gasteiger partial charge in [-0.2, -0.15) is 10.4 Å². The van der Waals surface area contributed by atoms with Crippen LogP contribution in [0.2, 0.25) is 0 Å². The molecule has 3 aromatic rings. The Morgan fingerprint density at radius 3 is 2.66 bits per heavy atom. The summed E-state index contributed by atoms with van der Waals surface area (Å²) in [5.74, 6) is -0.223. The van der Waals surface area contributed by atoms with Crippen molar-refractivity contribution in [3.05, 3.63) is 77.7 Å². The SMILES string of the molecule is CN(C)C(CNCc1cn(CCC#N)nc1-c1ccccc1)c1cccc(F)c1. The van der Waals surface area contributed by atoms with Crippen molar-refractivity contribution in [2.24, 2.45) is 0 Å². The van der Waals surface area contributed by atoms with Crippen LogP contribution in [-0.2, 0) is 13.1 Å². The quantitative estimate of drug-likeness (QED) is 0.599. The zero-order valence-corrected chi connectivity index (χ0v) is 16.8. The predicted octanol–water partition coefficient (Wildman–Crippen LogP) is 4.00. The van der Waals surface area contributed by atoms with E-state index in [-0.39, 0.29) is 11.9 Å². The van der Waals surface area contributed by atoms with Gasteiger partial charge in [0.2, 0.25) is 0 Å². The van der Waals surface area contributed by atoms with E-state index >= 15 is 0 Å². The molecule has 0 aliphatic heterocycles. The van der Waals surface area contributed by atoms with Crippen molar-refractivity contribution in [1.29, 1.82) is 5.26 Å². The summed E-state index contributed by atoms with van der Waals surface area (Å²) >= 11 is 0. The highest BCUT2D eigenvalue weighted by atomic mass is 19.1. The van der Waals surface area contributed by atoms with Crippen LogP contribution in [0.4, 0.5) is 4.39 Å². The van der Waals surface area contributed by atoms with Gasteiger partial charge in [0, 0.05) is 36.5 Å². The topological polar surface area (TPSA) is 56.9 Å². The van der Waals surface area contributed by atoms with E-state index < -0.39 is 0 Å². The van der Waals surface area contributed by atoms with Gasteiger partial charge in [0.05, 0.1) is 24.7 Å². The summed E-state index contributed by atoms with van der Waals surface area (Å²) in [6, 6.07) is 19.0. The van der Waals surface area contributed by atoms with Gasteiger partial charge in [0.1, 0.15) is 5.82 Å². The van der Waals surface area contributed by atoms with Gasteiger partial charge < -0.3 is 10.2 Å². The second-order valence-corrected chi connectivity index (χ2v) is 7.21. The number of nitriles is 1. The van der Waals surface area contributed by atoms with Crippen molar-refractivity contribution in [1.82, 2.24) is 20.0 Å². The zero-order chi connectivity index (χ0) is 20.6. The molecule has 0 saturated carbocycles. The molecule has 150 valence electrons. The van der Waals surface area contributed by atoms with Crippen molar-refractivity contribution in [3.63, 3.8) is 0 Å². The lowest BCUT2D eigenvalue weighted by atomic mass is 10.1. The second-order valence-electron chi connectivity index (χ2n) is 7.21. The second kappa shape index (κ2) is 9.97. The highest BCUT2D eigenvalue weighted by molar-refractivity contribution is 5.62. The molecule has 1 atom stereocenters. The summed E-state index contributed by atoms with van der Waals surface area (Å²) in [6.07, 6.45) is 2.42. The molecule has 3 rings (SSSR count). The van der Waals surface area contributed by atoms with Crippen molar-refractivity contribution >= 4 is 0 Å². The molecule has 0 radical (unpaired) electrons. The van der Waals surface area contributed by atoms with E-state index in [1.807, 2.05) is 61.4 Å². The molecule has 5 nitrogen and oxygen atoms in total. The van der Waals surface area contributed by atoms with Crippen LogP contribution >= 0.6 is 0 Å². The van der Waals surface area contributed by atoms with Crippen LogP contribution < -0.4 is 5.32 Å². The first kappa shape index (κ1) is 20.7. The van der Waals surface area contributed by atoms with Gasteiger partial charge in [-0.25, -0.2) is 4.39 Å². The number of likely N-dealkylation sites (N-methyl/N-ethyl adjacent to an activating group) is 1. The molecule has 0 aliphatic rings. The molecule has 2 aromatic carbocycles. The maximum Gasteiger partial charge on any atom is 0.123 e. The van der Waals surface area contributed by atoms with Gasteiger partial charge in [-0.15, -0.1) is 0 Å². The number of aromatic nitrogens is 2. The summed E-state index contributed by atoms with van der Waals surface area (Å²) in [7, 11) is 3.99. The third kappa shape index (κ3) is 5.50. The van der Waals surface area contributed by atoms with Crippen LogP contribution in [0, 0.1) is 17.1 Å². The molecule has 0 fully saturated rings. The van der Waals surface area contributed by atoms with Gasteiger partial charge in [0.15, 0.2) is 0 Å². The van der Waals surface area contributed by atoms with Gasteiger partial charge in [0.25, 0.3) is 0 Å². The third-order valence-corrected chi connectivity index (χ3v) is 4.85. The summed E-state index contributed by atoms with van der Waals surface area (Å²) in [6.45, 7) is 1.88. The van der Waals surface area contributed by atoms with E-state index in [0.717, 1.165) is 22.4 Å². The Bertz CT molecular complexity index is 959. The minimum absolute atomic E-state index is 0.0551. The standard InChI is InChI=1S/C23H26FN5/c1-28(2)22(19-10-6-11-21(24)14-19)16-26-15-20-17-29(13-7-12-25)27-23(20)18-8-4-3-5-9-18/h3-6,8-11,14,17,22,26H,7,13,15-16H2,1-2H3. The van der Waals surface area contributed by atoms with Crippen LogP contribution in [-0.4, -0.2) is 35.3 Å². The number of hydrogen-bond acceptors (Lipinski definition) is 4. The van der Waals surface area contributed by atoms with Gasteiger partial charge in [-0.05, 0) is 31.8 Å². The fourth-order valence-corrected chi connectivity index (χ4v) is 3.37. The fourth-order valence-electron chi connectivity index (χ4n) is 3.37. The summed E-state index contributed by atoms with van der Waals surface area (Å²) < 4.78 is 15.5. The Morgan fingerprint density at radius 1 is 1.17 bits per heavy atom. The lowest BCUT2D eigenvalue weighted by molar-refractivity contribution is 0.287. The van der Waals surface area contributed by atoms with Crippen molar-refractivity contribution in [2.75, 3.05) is 20.6 Å². The molecule has 1 unspecified atom stereocenters. The Hall–Kier alpha value is -3.01. The molecule has 1 aromatic heterocycles. The smallest absolute Gasteiger partial charge is 0.123 e. The molecule has 0 saturated heterocycles. The predicted molar refractivity (Wildman–Crippen MR) is 112 cm³/mol. The first-order valence-electron chi connectivity index (χ1n) is 9.70. The van der Waals surface area contributed by atoms with Gasteiger partial charge in [-0.3, -0.25) is 4.68 Å². The molecule has 6 heteroatoms. The van der Waals surface area contributed by atoms with E-state index in [2.05, 4.69) is 21.4 Å². The summed E-state index contributed by atoms with van der Waals surface area (Å²) in [5.41, 5.74) is 3.99. The molecular weight excluding hydrogens is 365 g/mol. The minimum Gasteiger partial charge on any atom is -0.311 e. The number of rotatable bonds is 9. The lowest BCUT2D eigenvalue weighted by Crippen LogP contribution is -2.31. The number of aryl methyl sites for hydroxylation is 1. The van der Waals surface area contributed by atoms with Crippen LogP contribution in [0.15, 0.2) is 60.8 Å². The van der Waals surface area contributed by atoms with E-state index in [4.69, 9.17) is 5.26 Å². The number of nitrogens with one attached hydrogen (secondary N) is 1. The highest BCUT2D eigenvalue weighted by Crippen LogP contribution is 2.23. The van der Waals surface area contributed by atoms with Crippen LogP contribution in [0.3, 0.4) is 0 Å². The lowest BCUT2D eigenvalue weighted by Gasteiger charge is -2.25. The van der Waals surface area contributed by atoms with Gasteiger partial charge in [-0.1, -0.05) is 42.5 Å². The fraction of sp³-hybridized carbons (Fsp3) is 0.304. The maximum atomic E-state index is 13.7. The van der Waals surface area contributed by atoms with E-state index in [1.54, 1.807) is 12.1 Å². The minimum atomic E-state index is -0.223. The zero-order valence-electron chi connectivity index (χ0n) is 16.8. The average molecular weight is 391 g/mol. The summed E-state index contributed by atoms with van der Waals surface area (Å²) in [4.78, 5) is 2.08. The van der Waals surface area contributed by atoms with Crippen molar-refractivity contribution < 1.29 is 4.39 Å². The molecule has 1 heterocycles. The first-order valence-corrected chi connectivity index (χ1v) is 9.70. The Labute approximate surface area is 171 Å². The van der Waals surface area contributed by atoms with E-state index in [1.165, 1.54) is 6.07 Å². The maximum absolute atomic E-state index is 13.7.